The van der Waals surface area contributed by atoms with E-state index in [2.05, 4.69) is 15.8 Å². The van der Waals surface area contributed by atoms with Gasteiger partial charge in [-0.1, -0.05) is 0 Å². The zero-order valence-corrected chi connectivity index (χ0v) is 13.9. The molecule has 1 amide bonds. The lowest BCUT2D eigenvalue weighted by atomic mass is 10.2. The number of amides is 1. The fourth-order valence-electron chi connectivity index (χ4n) is 1.96. The smallest absolute Gasteiger partial charge is 0.262 e. The predicted molar refractivity (Wildman–Crippen MR) is 94.8 cm³/mol. The van der Waals surface area contributed by atoms with E-state index in [0.717, 1.165) is 22.7 Å². The maximum Gasteiger partial charge on any atom is 0.262 e. The average Bonchev–Trinajstić information content (AvgIpc) is 2.62. The molecule has 0 heterocycles. The molecule has 0 spiro atoms. The van der Waals surface area contributed by atoms with Crippen LogP contribution >= 0.6 is 0 Å². The number of nitrogens with zero attached hydrogens (tertiary/aromatic N) is 1. The van der Waals surface area contributed by atoms with E-state index in [1.807, 2.05) is 48.5 Å². The van der Waals surface area contributed by atoms with Crippen LogP contribution in [0, 0.1) is 0 Å². The zero-order chi connectivity index (χ0) is 17.4. The van der Waals surface area contributed by atoms with Gasteiger partial charge in [-0.25, -0.2) is 5.43 Å². The number of methoxy groups -OCH3 is 2. The van der Waals surface area contributed by atoms with Crippen LogP contribution in [0.1, 0.15) is 12.5 Å². The van der Waals surface area contributed by atoms with Gasteiger partial charge in [0.25, 0.3) is 5.91 Å². The van der Waals surface area contributed by atoms with Crippen molar-refractivity contribution in [3.8, 4) is 11.5 Å². The number of carbonyl (C=O) groups excluding carboxylic acids is 1. The number of ether oxygens (including phenoxy) is 2. The summed E-state index contributed by atoms with van der Waals surface area (Å²) in [6.45, 7) is 1.77. The molecule has 2 aromatic carbocycles. The molecule has 0 aliphatic rings. The van der Waals surface area contributed by atoms with Gasteiger partial charge in [0.15, 0.2) is 0 Å². The molecule has 0 radical (unpaired) electrons. The molecule has 0 bridgehead atoms. The first-order valence-corrected chi connectivity index (χ1v) is 7.50. The number of carbonyl (C=O) groups is 1. The Bertz CT molecular complexity index is 682. The highest BCUT2D eigenvalue weighted by molar-refractivity contribution is 5.86. The van der Waals surface area contributed by atoms with E-state index >= 15 is 0 Å². The van der Waals surface area contributed by atoms with Crippen LogP contribution in [-0.2, 0) is 4.79 Å². The van der Waals surface area contributed by atoms with Gasteiger partial charge in [0.2, 0.25) is 0 Å². The average molecular weight is 327 g/mol. The highest BCUT2D eigenvalue weighted by atomic mass is 16.5. The van der Waals surface area contributed by atoms with Gasteiger partial charge >= 0.3 is 0 Å². The maximum atomic E-state index is 12.0. The van der Waals surface area contributed by atoms with Crippen LogP contribution in [0.25, 0.3) is 0 Å². The molecule has 0 aromatic heterocycles. The molecule has 0 aliphatic heterocycles. The molecule has 0 saturated heterocycles. The molecule has 126 valence electrons. The monoisotopic (exact) mass is 327 g/mol. The molecule has 0 fully saturated rings. The fraction of sp³-hybridized carbons (Fsp3) is 0.222. The lowest BCUT2D eigenvalue weighted by Gasteiger charge is -2.13. The van der Waals surface area contributed by atoms with Crippen LogP contribution in [0.15, 0.2) is 53.6 Å². The second kappa shape index (κ2) is 8.57. The van der Waals surface area contributed by atoms with Crippen LogP contribution in [0.4, 0.5) is 5.69 Å². The van der Waals surface area contributed by atoms with E-state index in [1.54, 1.807) is 27.4 Å². The van der Waals surface area contributed by atoms with Gasteiger partial charge in [0, 0.05) is 5.69 Å². The van der Waals surface area contributed by atoms with E-state index in [4.69, 9.17) is 9.47 Å². The second-order valence-corrected chi connectivity index (χ2v) is 5.10. The van der Waals surface area contributed by atoms with E-state index in [-0.39, 0.29) is 5.91 Å². The number of anilines is 1. The van der Waals surface area contributed by atoms with Crippen molar-refractivity contribution in [3.63, 3.8) is 0 Å². The Hall–Kier alpha value is -3.02. The summed E-state index contributed by atoms with van der Waals surface area (Å²) in [6.07, 6.45) is 1.58. The van der Waals surface area contributed by atoms with Crippen molar-refractivity contribution in [2.24, 2.45) is 5.10 Å². The normalized spacial score (nSPS) is 11.8. The number of hydrogen-bond donors (Lipinski definition) is 2. The van der Waals surface area contributed by atoms with Gasteiger partial charge in [-0.15, -0.1) is 0 Å². The lowest BCUT2D eigenvalue weighted by molar-refractivity contribution is -0.121. The SMILES string of the molecule is COc1ccc(/C=N/NC(=O)C(C)Nc2ccc(OC)cc2)cc1. The molecule has 24 heavy (non-hydrogen) atoms. The van der Waals surface area contributed by atoms with Gasteiger partial charge in [-0.3, -0.25) is 4.79 Å². The molecule has 2 N–H and O–H groups in total. The Kier molecular flexibility index (Phi) is 6.19. The summed E-state index contributed by atoms with van der Waals surface area (Å²) >= 11 is 0. The van der Waals surface area contributed by atoms with Crippen molar-refractivity contribution >= 4 is 17.8 Å². The number of nitrogens with one attached hydrogen (secondary N) is 2. The third-order valence-electron chi connectivity index (χ3n) is 3.37. The molecule has 0 aliphatic carbocycles. The van der Waals surface area contributed by atoms with Crippen molar-refractivity contribution in [3.05, 3.63) is 54.1 Å². The Morgan fingerprint density at radius 2 is 1.54 bits per heavy atom. The summed E-state index contributed by atoms with van der Waals surface area (Å²) in [4.78, 5) is 12.0. The number of rotatable bonds is 7. The molecule has 1 unspecified atom stereocenters. The minimum atomic E-state index is -0.425. The summed E-state index contributed by atoms with van der Waals surface area (Å²) in [6, 6.07) is 14.3. The maximum absolute atomic E-state index is 12.0. The van der Waals surface area contributed by atoms with Crippen molar-refractivity contribution < 1.29 is 14.3 Å². The van der Waals surface area contributed by atoms with Gasteiger partial charge in [0.1, 0.15) is 17.5 Å². The Balaban J connectivity index is 1.84. The second-order valence-electron chi connectivity index (χ2n) is 5.10. The molecule has 6 nitrogen and oxygen atoms in total. The first-order chi connectivity index (χ1) is 11.6. The molecule has 0 saturated carbocycles. The number of benzene rings is 2. The zero-order valence-electron chi connectivity index (χ0n) is 13.9. The van der Waals surface area contributed by atoms with Crippen molar-refractivity contribution in [1.82, 2.24) is 5.43 Å². The largest absolute Gasteiger partial charge is 0.497 e. The summed E-state index contributed by atoms with van der Waals surface area (Å²) in [7, 11) is 3.22. The predicted octanol–water partition coefficient (Wildman–Crippen LogP) is 2.65. The topological polar surface area (TPSA) is 72.0 Å². The van der Waals surface area contributed by atoms with Crippen molar-refractivity contribution in [1.29, 1.82) is 0 Å². The molecule has 6 heteroatoms. The first-order valence-electron chi connectivity index (χ1n) is 7.50. The quantitative estimate of drug-likeness (QED) is 0.606. The Labute approximate surface area is 141 Å². The molecular formula is C18H21N3O3. The summed E-state index contributed by atoms with van der Waals surface area (Å²) in [5.41, 5.74) is 4.21. The Morgan fingerprint density at radius 1 is 1.00 bits per heavy atom. The number of hydrogen-bond acceptors (Lipinski definition) is 5. The van der Waals surface area contributed by atoms with E-state index in [9.17, 15) is 4.79 Å². The highest BCUT2D eigenvalue weighted by Crippen LogP contribution is 2.15. The van der Waals surface area contributed by atoms with Crippen molar-refractivity contribution in [2.45, 2.75) is 13.0 Å². The van der Waals surface area contributed by atoms with Crippen LogP contribution in [0.5, 0.6) is 11.5 Å². The standard InChI is InChI=1S/C18H21N3O3/c1-13(20-15-6-10-17(24-3)11-7-15)18(22)21-19-12-14-4-8-16(23-2)9-5-14/h4-13,20H,1-3H3,(H,21,22)/b19-12+. The van der Waals surface area contributed by atoms with Crippen LogP contribution in [0.2, 0.25) is 0 Å². The van der Waals surface area contributed by atoms with Crippen molar-refractivity contribution in [2.75, 3.05) is 19.5 Å². The minimum absolute atomic E-state index is 0.226. The summed E-state index contributed by atoms with van der Waals surface area (Å²) < 4.78 is 10.2. The van der Waals surface area contributed by atoms with Gasteiger partial charge < -0.3 is 14.8 Å². The van der Waals surface area contributed by atoms with Crippen LogP contribution in [0.3, 0.4) is 0 Å². The fourth-order valence-corrected chi connectivity index (χ4v) is 1.96. The van der Waals surface area contributed by atoms with Crippen LogP contribution < -0.4 is 20.2 Å². The molecular weight excluding hydrogens is 306 g/mol. The molecule has 2 aromatic rings. The molecule has 1 atom stereocenters. The molecule has 2 rings (SSSR count). The van der Waals surface area contributed by atoms with E-state index in [1.165, 1.54) is 0 Å². The van der Waals surface area contributed by atoms with Gasteiger partial charge in [-0.2, -0.15) is 5.10 Å². The van der Waals surface area contributed by atoms with Crippen LogP contribution in [-0.4, -0.2) is 32.4 Å². The number of hydrazone groups is 1. The van der Waals surface area contributed by atoms with Gasteiger partial charge in [0.05, 0.1) is 20.4 Å². The Morgan fingerprint density at radius 3 is 2.08 bits per heavy atom. The van der Waals surface area contributed by atoms with Gasteiger partial charge in [-0.05, 0) is 61.0 Å². The third kappa shape index (κ3) is 5.01. The summed E-state index contributed by atoms with van der Waals surface area (Å²) in [5, 5.41) is 7.06. The third-order valence-corrected chi connectivity index (χ3v) is 3.37. The van der Waals surface area contributed by atoms with E-state index in [0.29, 0.717) is 0 Å². The highest BCUT2D eigenvalue weighted by Gasteiger charge is 2.11. The first kappa shape index (κ1) is 17.3. The minimum Gasteiger partial charge on any atom is -0.497 e. The van der Waals surface area contributed by atoms with E-state index < -0.39 is 6.04 Å². The summed E-state index contributed by atoms with van der Waals surface area (Å²) in [5.74, 6) is 1.31. The lowest BCUT2D eigenvalue weighted by Crippen LogP contribution is -2.34.